The number of hydrazone groups is 1. The summed E-state index contributed by atoms with van der Waals surface area (Å²) in [7, 11) is 0. The quantitative estimate of drug-likeness (QED) is 0.836. The molecule has 4 aliphatic rings. The highest BCUT2D eigenvalue weighted by molar-refractivity contribution is 6.30. The third-order valence-corrected chi connectivity index (χ3v) is 5.57. The third-order valence-electron chi connectivity index (χ3n) is 5.32. The first-order valence-corrected chi connectivity index (χ1v) is 8.57. The monoisotopic (exact) mass is 319 g/mol. The Kier molecular flexibility index (Phi) is 3.54. The van der Waals surface area contributed by atoms with E-state index in [4.69, 9.17) is 21.4 Å². The zero-order valence-electron chi connectivity index (χ0n) is 13.0. The second-order valence-electron chi connectivity index (χ2n) is 6.55. The fraction of sp³-hybridized carbons (Fsp3) is 0.588. The number of ether oxygens (including phenoxy) is 1. The molecule has 0 N–H and O–H groups in total. The number of rotatable bonds is 2. The standard InChI is InChI=1S/C17H22ClN3O/c1-2-22-16-11-17(12-20-9-7-13(17)8-10-20)21(19-16)15-5-3-14(18)4-6-15/h3-6,13H,2,7-12H2,1H3. The van der Waals surface area contributed by atoms with Gasteiger partial charge in [-0.15, -0.1) is 5.10 Å². The highest BCUT2D eigenvalue weighted by atomic mass is 35.5. The van der Waals surface area contributed by atoms with Gasteiger partial charge in [0.25, 0.3) is 0 Å². The van der Waals surface area contributed by atoms with Crippen LogP contribution in [0.5, 0.6) is 0 Å². The van der Waals surface area contributed by atoms with Gasteiger partial charge in [-0.1, -0.05) is 11.6 Å². The van der Waals surface area contributed by atoms with E-state index in [1.54, 1.807) is 0 Å². The summed E-state index contributed by atoms with van der Waals surface area (Å²) in [5.41, 5.74) is 1.18. The molecule has 1 aromatic carbocycles. The highest BCUT2D eigenvalue weighted by Crippen LogP contribution is 2.47. The molecule has 0 aliphatic carbocycles. The lowest BCUT2D eigenvalue weighted by molar-refractivity contribution is 0.0305. The first-order valence-electron chi connectivity index (χ1n) is 8.20. The Bertz CT molecular complexity index is 580. The van der Waals surface area contributed by atoms with Crippen molar-refractivity contribution < 1.29 is 4.74 Å². The van der Waals surface area contributed by atoms with Crippen molar-refractivity contribution in [2.24, 2.45) is 11.0 Å². The topological polar surface area (TPSA) is 28.1 Å². The van der Waals surface area contributed by atoms with Gasteiger partial charge in [-0.3, -0.25) is 5.01 Å². The Morgan fingerprint density at radius 2 is 2.00 bits per heavy atom. The highest BCUT2D eigenvalue weighted by Gasteiger charge is 2.54. The average Bonchev–Trinajstić information content (AvgIpc) is 2.87. The van der Waals surface area contributed by atoms with E-state index in [2.05, 4.69) is 22.0 Å². The zero-order valence-corrected chi connectivity index (χ0v) is 13.7. The number of nitrogens with zero attached hydrogens (tertiary/aromatic N) is 3. The molecule has 22 heavy (non-hydrogen) atoms. The lowest BCUT2D eigenvalue weighted by atomic mass is 9.71. The van der Waals surface area contributed by atoms with Crippen molar-refractivity contribution in [3.63, 3.8) is 0 Å². The number of anilines is 1. The van der Waals surface area contributed by atoms with Gasteiger partial charge < -0.3 is 9.64 Å². The fourth-order valence-corrected chi connectivity index (χ4v) is 4.44. The molecule has 3 saturated heterocycles. The van der Waals surface area contributed by atoms with Gasteiger partial charge in [0.1, 0.15) is 0 Å². The van der Waals surface area contributed by atoms with Crippen molar-refractivity contribution in [1.29, 1.82) is 0 Å². The Hall–Kier alpha value is -1.26. The normalized spacial score (nSPS) is 33.4. The molecule has 4 nitrogen and oxygen atoms in total. The molecule has 4 aliphatic heterocycles. The minimum Gasteiger partial charge on any atom is -0.480 e. The van der Waals surface area contributed by atoms with Crippen LogP contribution in [0, 0.1) is 5.92 Å². The van der Waals surface area contributed by atoms with Gasteiger partial charge in [-0.2, -0.15) is 0 Å². The molecule has 5 heteroatoms. The summed E-state index contributed by atoms with van der Waals surface area (Å²) in [4.78, 5) is 2.58. The van der Waals surface area contributed by atoms with Gasteiger partial charge in [0.15, 0.2) is 0 Å². The molecule has 2 bridgehead atoms. The molecule has 1 spiro atoms. The van der Waals surface area contributed by atoms with Gasteiger partial charge in [0, 0.05) is 11.6 Å². The summed E-state index contributed by atoms with van der Waals surface area (Å²) in [6, 6.07) is 8.03. The number of hydrogen-bond donors (Lipinski definition) is 0. The maximum atomic E-state index is 6.05. The van der Waals surface area contributed by atoms with Crippen LogP contribution >= 0.6 is 11.6 Å². The SMILES string of the molecule is CCOC1=NN(c2ccc(Cl)cc2)C2(C1)CN1CCC2CC1. The minimum absolute atomic E-state index is 0.0643. The lowest BCUT2D eigenvalue weighted by Crippen LogP contribution is -2.64. The molecular weight excluding hydrogens is 298 g/mol. The van der Waals surface area contributed by atoms with Crippen LogP contribution in [-0.2, 0) is 4.74 Å². The van der Waals surface area contributed by atoms with Crippen molar-refractivity contribution in [3.8, 4) is 0 Å². The molecule has 0 aromatic heterocycles. The maximum Gasteiger partial charge on any atom is 0.208 e. The van der Waals surface area contributed by atoms with E-state index in [-0.39, 0.29) is 5.54 Å². The van der Waals surface area contributed by atoms with Crippen molar-refractivity contribution in [1.82, 2.24) is 4.90 Å². The summed E-state index contributed by atoms with van der Waals surface area (Å²) in [5.74, 6) is 1.57. The second-order valence-corrected chi connectivity index (χ2v) is 6.98. The van der Waals surface area contributed by atoms with Gasteiger partial charge in [-0.25, -0.2) is 0 Å². The number of hydrogen-bond acceptors (Lipinski definition) is 4. The van der Waals surface area contributed by atoms with Crippen LogP contribution in [0.15, 0.2) is 29.4 Å². The minimum atomic E-state index is 0.0643. The van der Waals surface area contributed by atoms with Gasteiger partial charge >= 0.3 is 0 Å². The molecule has 118 valence electrons. The molecule has 0 amide bonds. The smallest absolute Gasteiger partial charge is 0.208 e. The number of piperidine rings is 3. The summed E-state index contributed by atoms with van der Waals surface area (Å²) in [6.45, 7) is 6.24. The summed E-state index contributed by atoms with van der Waals surface area (Å²) in [6.07, 6.45) is 3.45. The van der Waals surface area contributed by atoms with Crippen LogP contribution in [0.25, 0.3) is 0 Å². The molecule has 4 heterocycles. The third kappa shape index (κ3) is 2.20. The van der Waals surface area contributed by atoms with Crippen LogP contribution in [0.2, 0.25) is 5.02 Å². The van der Waals surface area contributed by atoms with E-state index in [0.29, 0.717) is 12.5 Å². The van der Waals surface area contributed by atoms with Crippen molar-refractivity contribution in [2.75, 3.05) is 31.3 Å². The molecule has 3 fully saturated rings. The maximum absolute atomic E-state index is 6.05. The predicted octanol–water partition coefficient (Wildman–Crippen LogP) is 3.36. The molecule has 1 aromatic rings. The van der Waals surface area contributed by atoms with Crippen LogP contribution in [0.3, 0.4) is 0 Å². The Morgan fingerprint density at radius 3 is 2.59 bits per heavy atom. The van der Waals surface area contributed by atoms with E-state index in [1.807, 2.05) is 19.1 Å². The van der Waals surface area contributed by atoms with E-state index in [0.717, 1.165) is 29.6 Å². The fourth-order valence-electron chi connectivity index (χ4n) is 4.31. The van der Waals surface area contributed by atoms with Gasteiger partial charge in [0.05, 0.1) is 24.3 Å². The molecule has 1 atom stereocenters. The second kappa shape index (κ2) is 5.43. The van der Waals surface area contributed by atoms with E-state index in [1.165, 1.54) is 25.9 Å². The molecule has 5 rings (SSSR count). The number of benzene rings is 1. The lowest BCUT2D eigenvalue weighted by Gasteiger charge is -2.54. The molecule has 1 unspecified atom stereocenters. The van der Waals surface area contributed by atoms with Crippen LogP contribution < -0.4 is 5.01 Å². The molecular formula is C17H22ClN3O. The van der Waals surface area contributed by atoms with Crippen LogP contribution in [0.1, 0.15) is 26.2 Å². The number of fused-ring (bicyclic) bond motifs is 2. The van der Waals surface area contributed by atoms with E-state index in [9.17, 15) is 0 Å². The zero-order chi connectivity index (χ0) is 15.2. The number of halogens is 1. The van der Waals surface area contributed by atoms with Gasteiger partial charge in [0.2, 0.25) is 5.90 Å². The Morgan fingerprint density at radius 1 is 1.27 bits per heavy atom. The largest absolute Gasteiger partial charge is 0.480 e. The summed E-state index contributed by atoms with van der Waals surface area (Å²) < 4.78 is 5.78. The first kappa shape index (κ1) is 14.3. The Balaban J connectivity index is 1.72. The van der Waals surface area contributed by atoms with Gasteiger partial charge in [-0.05, 0) is 63.0 Å². The van der Waals surface area contributed by atoms with Crippen molar-refractivity contribution in [3.05, 3.63) is 29.3 Å². The van der Waals surface area contributed by atoms with Crippen molar-refractivity contribution >= 4 is 23.2 Å². The van der Waals surface area contributed by atoms with Crippen LogP contribution in [0.4, 0.5) is 5.69 Å². The summed E-state index contributed by atoms with van der Waals surface area (Å²) in [5, 5.41) is 7.82. The summed E-state index contributed by atoms with van der Waals surface area (Å²) >= 11 is 6.05. The van der Waals surface area contributed by atoms with Crippen LogP contribution in [-0.4, -0.2) is 42.6 Å². The molecule has 0 saturated carbocycles. The van der Waals surface area contributed by atoms with Crippen molar-refractivity contribution in [2.45, 2.75) is 31.7 Å². The van der Waals surface area contributed by atoms with E-state index >= 15 is 0 Å². The van der Waals surface area contributed by atoms with E-state index < -0.39 is 0 Å². The average molecular weight is 320 g/mol. The Labute approximate surface area is 136 Å². The predicted molar refractivity (Wildman–Crippen MR) is 89.5 cm³/mol. The molecule has 0 radical (unpaired) electrons. The first-order chi connectivity index (χ1) is 10.7.